The predicted octanol–water partition coefficient (Wildman–Crippen LogP) is 2.61. The molecule has 0 radical (unpaired) electrons. The van der Waals surface area contributed by atoms with Crippen LogP contribution in [0.1, 0.15) is 32.8 Å². The molecule has 0 saturated carbocycles. The van der Waals surface area contributed by atoms with Crippen LogP contribution in [0.5, 0.6) is 11.6 Å². The van der Waals surface area contributed by atoms with Crippen LogP contribution in [0.25, 0.3) is 0 Å². The lowest BCUT2D eigenvalue weighted by Gasteiger charge is -2.21. The van der Waals surface area contributed by atoms with Crippen molar-refractivity contribution in [1.29, 1.82) is 0 Å². The van der Waals surface area contributed by atoms with Gasteiger partial charge in [-0.15, -0.1) is 0 Å². The van der Waals surface area contributed by atoms with Gasteiger partial charge in [-0.3, -0.25) is 4.79 Å². The molecule has 0 aromatic carbocycles. The zero-order chi connectivity index (χ0) is 19.2. The summed E-state index contributed by atoms with van der Waals surface area (Å²) in [5.74, 6) is 0.821. The Morgan fingerprint density at radius 1 is 1.23 bits per heavy atom. The van der Waals surface area contributed by atoms with Gasteiger partial charge in [0.05, 0.1) is 18.3 Å². The van der Waals surface area contributed by atoms with Crippen molar-refractivity contribution < 1.29 is 9.47 Å². The maximum Gasteiger partial charge on any atom is 0.289 e. The Hall–Kier alpha value is -2.12. The minimum atomic E-state index is -0.452. The van der Waals surface area contributed by atoms with Gasteiger partial charge < -0.3 is 14.8 Å². The number of hydrogen-bond acceptors (Lipinski definition) is 6. The lowest BCUT2D eigenvalue weighted by molar-refractivity contribution is 0.288. The smallest absolute Gasteiger partial charge is 0.289 e. The fraction of sp³-hybridized carbons (Fsp3) is 0.500. The molecular formula is C18H25ClN4O3. The summed E-state index contributed by atoms with van der Waals surface area (Å²) in [6, 6.07) is 3.65. The van der Waals surface area contributed by atoms with E-state index in [1.807, 2.05) is 33.9 Å². The summed E-state index contributed by atoms with van der Waals surface area (Å²) < 4.78 is 12.5. The summed E-state index contributed by atoms with van der Waals surface area (Å²) in [6.07, 6.45) is 4.04. The van der Waals surface area contributed by atoms with Crippen molar-refractivity contribution in [2.45, 2.75) is 39.3 Å². The van der Waals surface area contributed by atoms with Crippen molar-refractivity contribution >= 4 is 11.6 Å². The Morgan fingerprint density at radius 2 is 2.00 bits per heavy atom. The summed E-state index contributed by atoms with van der Waals surface area (Å²) in [4.78, 5) is 16.5. The van der Waals surface area contributed by atoms with Gasteiger partial charge in [0.2, 0.25) is 5.88 Å². The van der Waals surface area contributed by atoms with E-state index >= 15 is 0 Å². The molecule has 2 aromatic rings. The van der Waals surface area contributed by atoms with Gasteiger partial charge in [0, 0.05) is 17.8 Å². The molecule has 0 atom stereocenters. The van der Waals surface area contributed by atoms with Crippen LogP contribution in [0.3, 0.4) is 0 Å². The molecule has 0 aliphatic carbocycles. The highest BCUT2D eigenvalue weighted by molar-refractivity contribution is 6.31. The number of aromatic nitrogens is 3. The van der Waals surface area contributed by atoms with Gasteiger partial charge in [-0.1, -0.05) is 11.6 Å². The summed E-state index contributed by atoms with van der Waals surface area (Å²) in [7, 11) is 1.90. The summed E-state index contributed by atoms with van der Waals surface area (Å²) in [5.41, 5.74) is 0.00962. The quantitative estimate of drug-likeness (QED) is 0.709. The second kappa shape index (κ2) is 9.00. The average molecular weight is 381 g/mol. The average Bonchev–Trinajstić information content (AvgIpc) is 2.60. The third-order valence-corrected chi connectivity index (χ3v) is 3.88. The number of ether oxygens (including phenoxy) is 2. The van der Waals surface area contributed by atoms with Gasteiger partial charge in [0.25, 0.3) is 5.56 Å². The van der Waals surface area contributed by atoms with Crippen molar-refractivity contribution in [3.05, 3.63) is 45.5 Å². The number of nitrogens with zero attached hydrogens (tertiary/aromatic N) is 3. The zero-order valence-corrected chi connectivity index (χ0v) is 16.3. The van der Waals surface area contributed by atoms with Gasteiger partial charge in [0.1, 0.15) is 6.61 Å². The van der Waals surface area contributed by atoms with Crippen LogP contribution in [0.2, 0.25) is 5.02 Å². The van der Waals surface area contributed by atoms with Crippen LogP contribution < -0.4 is 20.3 Å². The predicted molar refractivity (Wildman–Crippen MR) is 101 cm³/mol. The van der Waals surface area contributed by atoms with Crippen LogP contribution in [-0.4, -0.2) is 35.0 Å². The van der Waals surface area contributed by atoms with Crippen LogP contribution in [0.4, 0.5) is 0 Å². The molecule has 0 amide bonds. The van der Waals surface area contributed by atoms with Crippen molar-refractivity contribution in [3.8, 4) is 11.6 Å². The third-order valence-electron chi connectivity index (χ3n) is 3.54. The number of nitrogens with one attached hydrogen (secondary N) is 1. The van der Waals surface area contributed by atoms with Crippen LogP contribution in [-0.2, 0) is 12.1 Å². The van der Waals surface area contributed by atoms with E-state index in [1.165, 1.54) is 10.9 Å². The van der Waals surface area contributed by atoms with Crippen LogP contribution >= 0.6 is 11.6 Å². The molecule has 0 spiro atoms. The van der Waals surface area contributed by atoms with E-state index in [1.54, 1.807) is 12.3 Å². The Bertz CT molecular complexity index is 769. The number of halogens is 1. The molecule has 2 heterocycles. The Balaban J connectivity index is 1.97. The molecule has 142 valence electrons. The molecule has 0 aliphatic heterocycles. The largest absolute Gasteiger partial charge is 0.485 e. The van der Waals surface area contributed by atoms with Crippen LogP contribution in [0.15, 0.2) is 29.3 Å². The Kier molecular flexibility index (Phi) is 6.99. The van der Waals surface area contributed by atoms with E-state index < -0.39 is 5.54 Å². The molecule has 1 N–H and O–H groups in total. The van der Waals surface area contributed by atoms with Crippen LogP contribution in [0, 0.1) is 0 Å². The molecule has 7 nitrogen and oxygen atoms in total. The topological polar surface area (TPSA) is 78.3 Å². The normalized spacial score (nSPS) is 11.4. The molecule has 0 aliphatic rings. The van der Waals surface area contributed by atoms with Crippen molar-refractivity contribution in [3.63, 3.8) is 0 Å². The lowest BCUT2D eigenvalue weighted by atomic mass is 10.1. The number of rotatable bonds is 8. The van der Waals surface area contributed by atoms with Gasteiger partial charge in [-0.2, -0.15) is 5.10 Å². The van der Waals surface area contributed by atoms with Crippen molar-refractivity contribution in [1.82, 2.24) is 20.1 Å². The van der Waals surface area contributed by atoms with Gasteiger partial charge in [-0.25, -0.2) is 9.67 Å². The second-order valence-corrected chi connectivity index (χ2v) is 7.19. The first kappa shape index (κ1) is 20.2. The summed E-state index contributed by atoms with van der Waals surface area (Å²) in [5, 5.41) is 7.22. The second-order valence-electron chi connectivity index (χ2n) is 6.81. The highest BCUT2D eigenvalue weighted by Gasteiger charge is 2.20. The molecule has 8 heteroatoms. The Morgan fingerprint density at radius 3 is 2.62 bits per heavy atom. The number of pyridine rings is 1. The van der Waals surface area contributed by atoms with E-state index in [0.29, 0.717) is 12.5 Å². The lowest BCUT2D eigenvalue weighted by Crippen LogP contribution is -2.36. The Labute approximate surface area is 158 Å². The van der Waals surface area contributed by atoms with E-state index in [-0.39, 0.29) is 22.9 Å². The monoisotopic (exact) mass is 380 g/mol. The van der Waals surface area contributed by atoms with Gasteiger partial charge in [0.15, 0.2) is 10.8 Å². The zero-order valence-electron chi connectivity index (χ0n) is 15.6. The molecule has 0 saturated heterocycles. The molecule has 2 aromatic heterocycles. The first-order valence-corrected chi connectivity index (χ1v) is 8.84. The maximum atomic E-state index is 12.3. The van der Waals surface area contributed by atoms with Gasteiger partial charge >= 0.3 is 0 Å². The minimum Gasteiger partial charge on any atom is -0.485 e. The van der Waals surface area contributed by atoms with E-state index in [4.69, 9.17) is 21.1 Å². The molecule has 26 heavy (non-hydrogen) atoms. The summed E-state index contributed by atoms with van der Waals surface area (Å²) >= 11 is 6.14. The molecule has 0 unspecified atom stereocenters. The van der Waals surface area contributed by atoms with Crippen molar-refractivity contribution in [2.24, 2.45) is 0 Å². The SMILES string of the molecule is CNCCCOc1ccc(COc2cnn(C(C)(C)C)c(=O)c2Cl)cn1. The fourth-order valence-electron chi connectivity index (χ4n) is 2.16. The first-order chi connectivity index (χ1) is 12.3. The molecule has 2 rings (SSSR count). The first-order valence-electron chi connectivity index (χ1n) is 8.46. The maximum absolute atomic E-state index is 12.3. The highest BCUT2D eigenvalue weighted by atomic mass is 35.5. The molecule has 0 bridgehead atoms. The van der Waals surface area contributed by atoms with E-state index in [2.05, 4.69) is 15.4 Å². The van der Waals surface area contributed by atoms with Gasteiger partial charge in [-0.05, 0) is 46.9 Å². The highest BCUT2D eigenvalue weighted by Crippen LogP contribution is 2.22. The van der Waals surface area contributed by atoms with Crippen molar-refractivity contribution in [2.75, 3.05) is 20.2 Å². The fourth-order valence-corrected chi connectivity index (χ4v) is 2.35. The minimum absolute atomic E-state index is 0.0207. The van der Waals surface area contributed by atoms with E-state index in [9.17, 15) is 4.79 Å². The molecular weight excluding hydrogens is 356 g/mol. The third kappa shape index (κ3) is 5.44. The summed E-state index contributed by atoms with van der Waals surface area (Å²) in [6.45, 7) is 7.38. The van der Waals surface area contributed by atoms with E-state index in [0.717, 1.165) is 18.5 Å². The standard InChI is InChI=1S/C18H25ClN4O3/c1-18(2,3)23-17(24)16(19)14(11-22-23)26-12-13-6-7-15(21-10-13)25-9-5-8-20-4/h6-7,10-11,20H,5,8-9,12H2,1-4H3. The number of hydrogen-bond donors (Lipinski definition) is 1. The molecule has 0 fully saturated rings.